The van der Waals surface area contributed by atoms with E-state index in [1.807, 2.05) is 13.8 Å². The Hall–Kier alpha value is -0.530. The van der Waals surface area contributed by atoms with Crippen LogP contribution in [0, 0.1) is 5.92 Å². The molecule has 0 aliphatic carbocycles. The van der Waals surface area contributed by atoms with Crippen LogP contribution in [-0.4, -0.2) is 12.6 Å². The second kappa shape index (κ2) is 3.47. The van der Waals surface area contributed by atoms with Gasteiger partial charge >= 0.3 is 5.97 Å². The lowest BCUT2D eigenvalue weighted by Crippen LogP contribution is -2.04. The smallest absolute Gasteiger partial charge is 0.302 e. The lowest BCUT2D eigenvalue weighted by molar-refractivity contribution is -0.140. The van der Waals surface area contributed by atoms with Gasteiger partial charge in [-0.15, -0.1) is 0 Å². The molecule has 8 heavy (non-hydrogen) atoms. The van der Waals surface area contributed by atoms with E-state index in [0.29, 0.717) is 6.61 Å². The van der Waals surface area contributed by atoms with Crippen LogP contribution in [0.25, 0.3) is 0 Å². The molecule has 0 atom stereocenters. The fourth-order valence-electron chi connectivity index (χ4n) is 0.246. The van der Waals surface area contributed by atoms with Crippen molar-refractivity contribution >= 4 is 5.97 Å². The molecule has 0 aromatic rings. The van der Waals surface area contributed by atoms with Gasteiger partial charge in [0.25, 0.3) is 0 Å². The van der Waals surface area contributed by atoms with Gasteiger partial charge < -0.3 is 4.74 Å². The Morgan fingerprint density at radius 3 is 2.00 bits per heavy atom. The first kappa shape index (κ1) is 7.47. The van der Waals surface area contributed by atoms with Gasteiger partial charge in [-0.25, -0.2) is 0 Å². The summed E-state index contributed by atoms with van der Waals surface area (Å²) < 4.78 is 4.63. The van der Waals surface area contributed by atoms with E-state index in [0.717, 1.165) is 5.92 Å². The van der Waals surface area contributed by atoms with E-state index in [9.17, 15) is 4.79 Å². The molecule has 0 unspecified atom stereocenters. The first-order valence-electron chi connectivity index (χ1n) is 2.55. The molecular formula is C6H11O2. The Kier molecular flexibility index (Phi) is 3.24. The molecule has 2 heteroatoms. The Balaban J connectivity index is 3.05. The van der Waals surface area contributed by atoms with Crippen LogP contribution < -0.4 is 0 Å². The van der Waals surface area contributed by atoms with E-state index in [2.05, 4.69) is 4.74 Å². The second-order valence-corrected chi connectivity index (χ2v) is 1.99. The molecule has 0 saturated heterocycles. The van der Waals surface area contributed by atoms with Crippen LogP contribution in [0.2, 0.25) is 0 Å². The van der Waals surface area contributed by atoms with Crippen molar-refractivity contribution < 1.29 is 9.53 Å². The predicted molar refractivity (Wildman–Crippen MR) is 31.2 cm³/mol. The second-order valence-electron chi connectivity index (χ2n) is 1.99. The van der Waals surface area contributed by atoms with Crippen LogP contribution in [-0.2, 0) is 9.53 Å². The predicted octanol–water partition coefficient (Wildman–Crippen LogP) is 1.16. The normalized spacial score (nSPS) is 9.50. The number of hydrogen-bond acceptors (Lipinski definition) is 2. The molecule has 0 aromatic carbocycles. The largest absolute Gasteiger partial charge is 0.465 e. The first-order chi connectivity index (χ1) is 3.63. The fraction of sp³-hybridized carbons (Fsp3) is 0.667. The third-order valence-electron chi connectivity index (χ3n) is 0.564. The molecule has 0 N–H and O–H groups in total. The molecule has 2 nitrogen and oxygen atoms in total. The van der Waals surface area contributed by atoms with Crippen molar-refractivity contribution in [1.82, 2.24) is 0 Å². The van der Waals surface area contributed by atoms with E-state index < -0.39 is 0 Å². The molecule has 0 aliphatic rings. The Bertz CT molecular complexity index is 76.6. The minimum atomic E-state index is -0.216. The Morgan fingerprint density at radius 1 is 1.38 bits per heavy atom. The van der Waals surface area contributed by atoms with Crippen LogP contribution in [0.5, 0.6) is 0 Å². The van der Waals surface area contributed by atoms with E-state index in [1.165, 1.54) is 6.92 Å². The maximum absolute atomic E-state index is 10.1. The summed E-state index contributed by atoms with van der Waals surface area (Å²) in [6, 6.07) is 0. The van der Waals surface area contributed by atoms with E-state index in [4.69, 9.17) is 0 Å². The summed E-state index contributed by atoms with van der Waals surface area (Å²) in [6.45, 7) is 5.70. The quantitative estimate of drug-likeness (QED) is 0.505. The minimum absolute atomic E-state index is 0.216. The van der Waals surface area contributed by atoms with Crippen molar-refractivity contribution in [3.05, 3.63) is 5.92 Å². The maximum Gasteiger partial charge on any atom is 0.302 e. The highest BCUT2D eigenvalue weighted by Crippen LogP contribution is 1.94. The molecule has 0 amide bonds. The molecule has 0 rings (SSSR count). The van der Waals surface area contributed by atoms with Gasteiger partial charge in [-0.2, -0.15) is 0 Å². The van der Waals surface area contributed by atoms with Crippen LogP contribution in [0.4, 0.5) is 0 Å². The highest BCUT2D eigenvalue weighted by molar-refractivity contribution is 5.66. The zero-order valence-corrected chi connectivity index (χ0v) is 5.52. The van der Waals surface area contributed by atoms with Crippen molar-refractivity contribution in [2.75, 3.05) is 6.61 Å². The van der Waals surface area contributed by atoms with E-state index >= 15 is 0 Å². The molecule has 1 radical (unpaired) electrons. The number of ether oxygens (including phenoxy) is 1. The van der Waals surface area contributed by atoms with Gasteiger partial charge in [0, 0.05) is 12.8 Å². The summed E-state index contributed by atoms with van der Waals surface area (Å²) in [4.78, 5) is 10.1. The summed E-state index contributed by atoms with van der Waals surface area (Å²) in [6.07, 6.45) is 0. The third-order valence-corrected chi connectivity index (χ3v) is 0.564. The SMILES string of the molecule is C[C](C)COC(C)=O. The molecule has 0 aromatic heterocycles. The summed E-state index contributed by atoms with van der Waals surface area (Å²) in [5.41, 5.74) is 0. The van der Waals surface area contributed by atoms with Gasteiger partial charge in [-0.3, -0.25) is 4.79 Å². The van der Waals surface area contributed by atoms with Gasteiger partial charge in [0.05, 0.1) is 6.61 Å². The summed E-state index contributed by atoms with van der Waals surface area (Å²) >= 11 is 0. The van der Waals surface area contributed by atoms with Crippen LogP contribution in [0.15, 0.2) is 0 Å². The maximum atomic E-state index is 10.1. The molecule has 0 spiro atoms. The average Bonchev–Trinajstić information content (AvgIpc) is 1.61. The standard InChI is InChI=1S/C6H11O2/c1-5(2)4-8-6(3)7/h4H2,1-3H3. The van der Waals surface area contributed by atoms with Crippen LogP contribution >= 0.6 is 0 Å². The highest BCUT2D eigenvalue weighted by atomic mass is 16.5. The number of carbonyl (C=O) groups is 1. The number of hydrogen-bond donors (Lipinski definition) is 0. The summed E-state index contributed by atoms with van der Waals surface area (Å²) in [5.74, 6) is 0.895. The zero-order valence-electron chi connectivity index (χ0n) is 5.52. The van der Waals surface area contributed by atoms with Crippen molar-refractivity contribution in [2.24, 2.45) is 0 Å². The van der Waals surface area contributed by atoms with Crippen molar-refractivity contribution in [3.63, 3.8) is 0 Å². The van der Waals surface area contributed by atoms with Gasteiger partial charge in [0.15, 0.2) is 0 Å². The number of esters is 1. The van der Waals surface area contributed by atoms with Gasteiger partial charge in [-0.1, -0.05) is 13.8 Å². The lowest BCUT2D eigenvalue weighted by atomic mass is 10.2. The van der Waals surface area contributed by atoms with Crippen LogP contribution in [0.3, 0.4) is 0 Å². The van der Waals surface area contributed by atoms with E-state index in [1.54, 1.807) is 0 Å². The molecule has 0 heterocycles. The first-order valence-corrected chi connectivity index (χ1v) is 2.55. The highest BCUT2D eigenvalue weighted by Gasteiger charge is 1.95. The average molecular weight is 115 g/mol. The fourth-order valence-corrected chi connectivity index (χ4v) is 0.246. The van der Waals surface area contributed by atoms with Crippen molar-refractivity contribution in [2.45, 2.75) is 20.8 Å². The number of rotatable bonds is 2. The topological polar surface area (TPSA) is 26.3 Å². The van der Waals surface area contributed by atoms with Crippen LogP contribution in [0.1, 0.15) is 20.8 Å². The van der Waals surface area contributed by atoms with Gasteiger partial charge in [0.1, 0.15) is 0 Å². The van der Waals surface area contributed by atoms with Gasteiger partial charge in [0.2, 0.25) is 0 Å². The summed E-state index contributed by atoms with van der Waals surface area (Å²) in [7, 11) is 0. The minimum Gasteiger partial charge on any atom is -0.465 e. The molecule has 47 valence electrons. The Morgan fingerprint density at radius 2 is 1.88 bits per heavy atom. The monoisotopic (exact) mass is 115 g/mol. The Labute approximate surface area is 49.8 Å². The van der Waals surface area contributed by atoms with E-state index in [-0.39, 0.29) is 5.97 Å². The number of carbonyl (C=O) groups excluding carboxylic acids is 1. The zero-order chi connectivity index (χ0) is 6.57. The molecule has 0 fully saturated rings. The molecule has 0 bridgehead atoms. The van der Waals surface area contributed by atoms with Crippen molar-refractivity contribution in [1.29, 1.82) is 0 Å². The molecule has 0 aliphatic heterocycles. The molecule has 0 saturated carbocycles. The van der Waals surface area contributed by atoms with Crippen molar-refractivity contribution in [3.8, 4) is 0 Å². The van der Waals surface area contributed by atoms with Gasteiger partial charge in [-0.05, 0) is 0 Å². The molecular weight excluding hydrogens is 104 g/mol. The lowest BCUT2D eigenvalue weighted by Gasteiger charge is -2.01. The summed E-state index contributed by atoms with van der Waals surface area (Å²) in [5, 5.41) is 0. The third kappa shape index (κ3) is 5.47.